The fourth-order valence-corrected chi connectivity index (χ4v) is 2.67. The SMILES string of the molecule is CCCCCN(C)COC(=O)Nc1ccc(NC(=O)OCN(C)CCCCC)cc1. The van der Waals surface area contributed by atoms with Gasteiger partial charge in [0, 0.05) is 24.5 Å². The molecule has 0 radical (unpaired) electrons. The second-order valence-electron chi connectivity index (χ2n) is 7.52. The molecule has 2 amide bonds. The van der Waals surface area contributed by atoms with Crippen LogP contribution in [0.2, 0.25) is 0 Å². The number of nitrogens with one attached hydrogen (secondary N) is 2. The van der Waals surface area contributed by atoms with Crippen molar-refractivity contribution in [3.8, 4) is 0 Å². The molecule has 0 bridgehead atoms. The number of ether oxygens (including phenoxy) is 2. The molecule has 0 fully saturated rings. The number of nitrogens with zero attached hydrogens (tertiary/aromatic N) is 2. The normalized spacial score (nSPS) is 10.9. The molecule has 0 aliphatic rings. The van der Waals surface area contributed by atoms with Crippen LogP contribution in [-0.2, 0) is 9.47 Å². The van der Waals surface area contributed by atoms with E-state index in [9.17, 15) is 9.59 Å². The molecule has 170 valence electrons. The standard InChI is InChI=1S/C22H38N4O4/c1-5-7-9-15-25(3)17-29-21(27)23-19-11-13-20(14-12-19)24-22(28)30-18-26(4)16-10-8-6-2/h11-14H,5-10,15-18H2,1-4H3,(H,23,27)(H,24,28). The van der Waals surface area contributed by atoms with Crippen LogP contribution in [0.3, 0.4) is 0 Å². The van der Waals surface area contributed by atoms with E-state index in [0.717, 1.165) is 38.8 Å². The summed E-state index contributed by atoms with van der Waals surface area (Å²) in [4.78, 5) is 27.7. The van der Waals surface area contributed by atoms with Crippen LogP contribution in [-0.4, -0.2) is 62.6 Å². The minimum absolute atomic E-state index is 0.244. The van der Waals surface area contributed by atoms with Gasteiger partial charge in [0.2, 0.25) is 0 Å². The lowest BCUT2D eigenvalue weighted by Crippen LogP contribution is -2.27. The van der Waals surface area contributed by atoms with Gasteiger partial charge in [-0.2, -0.15) is 0 Å². The summed E-state index contributed by atoms with van der Waals surface area (Å²) in [6.07, 6.45) is 5.81. The van der Waals surface area contributed by atoms with Crippen LogP contribution < -0.4 is 10.6 Å². The molecule has 0 atom stereocenters. The number of hydrogen-bond acceptors (Lipinski definition) is 6. The molecule has 0 aromatic heterocycles. The summed E-state index contributed by atoms with van der Waals surface area (Å²) in [5, 5.41) is 5.34. The minimum Gasteiger partial charge on any atom is -0.433 e. The molecular weight excluding hydrogens is 384 g/mol. The van der Waals surface area contributed by atoms with Gasteiger partial charge in [-0.15, -0.1) is 0 Å². The zero-order valence-corrected chi connectivity index (χ0v) is 18.9. The summed E-state index contributed by atoms with van der Waals surface area (Å²) in [5.74, 6) is 0. The Morgan fingerprint density at radius 1 is 0.733 bits per heavy atom. The molecule has 0 saturated heterocycles. The van der Waals surface area contributed by atoms with Gasteiger partial charge >= 0.3 is 12.2 Å². The van der Waals surface area contributed by atoms with Crippen molar-refractivity contribution in [3.05, 3.63) is 24.3 Å². The number of amides is 2. The van der Waals surface area contributed by atoms with Gasteiger partial charge in [-0.1, -0.05) is 39.5 Å². The van der Waals surface area contributed by atoms with E-state index in [1.807, 2.05) is 23.9 Å². The van der Waals surface area contributed by atoms with Crippen LogP contribution >= 0.6 is 0 Å². The molecule has 0 heterocycles. The summed E-state index contributed by atoms with van der Waals surface area (Å²) < 4.78 is 10.4. The molecule has 1 aromatic rings. The minimum atomic E-state index is -0.511. The maximum Gasteiger partial charge on any atom is 0.412 e. The summed E-state index contributed by atoms with van der Waals surface area (Å²) in [6.45, 7) is 6.59. The second-order valence-corrected chi connectivity index (χ2v) is 7.52. The number of benzene rings is 1. The number of carbonyl (C=O) groups excluding carboxylic acids is 2. The van der Waals surface area contributed by atoms with Crippen molar-refractivity contribution in [1.29, 1.82) is 0 Å². The van der Waals surface area contributed by atoms with Crippen molar-refractivity contribution in [2.45, 2.75) is 52.4 Å². The van der Waals surface area contributed by atoms with Crippen molar-refractivity contribution in [3.63, 3.8) is 0 Å². The highest BCUT2D eigenvalue weighted by molar-refractivity contribution is 5.87. The predicted octanol–water partition coefficient (Wildman–Crippen LogP) is 4.94. The monoisotopic (exact) mass is 422 g/mol. The lowest BCUT2D eigenvalue weighted by Gasteiger charge is -2.17. The first-order chi connectivity index (χ1) is 14.4. The van der Waals surface area contributed by atoms with Gasteiger partial charge < -0.3 is 9.47 Å². The average Bonchev–Trinajstić information content (AvgIpc) is 2.72. The molecule has 1 rings (SSSR count). The van der Waals surface area contributed by atoms with Gasteiger partial charge in [-0.25, -0.2) is 9.59 Å². The van der Waals surface area contributed by atoms with Crippen LogP contribution in [0, 0.1) is 0 Å². The summed E-state index contributed by atoms with van der Waals surface area (Å²) in [6, 6.07) is 6.77. The summed E-state index contributed by atoms with van der Waals surface area (Å²) >= 11 is 0. The van der Waals surface area contributed by atoms with Gasteiger partial charge in [0.25, 0.3) is 0 Å². The van der Waals surface area contributed by atoms with Crippen LogP contribution in [0.4, 0.5) is 21.0 Å². The van der Waals surface area contributed by atoms with Crippen molar-refractivity contribution >= 4 is 23.6 Å². The molecule has 0 spiro atoms. The number of carbonyl (C=O) groups is 2. The van der Waals surface area contributed by atoms with E-state index in [1.165, 1.54) is 12.8 Å². The molecule has 0 aliphatic heterocycles. The molecule has 0 aliphatic carbocycles. The predicted molar refractivity (Wildman–Crippen MR) is 121 cm³/mol. The van der Waals surface area contributed by atoms with Gasteiger partial charge in [0.15, 0.2) is 0 Å². The molecule has 8 heteroatoms. The van der Waals surface area contributed by atoms with Gasteiger partial charge in [0.05, 0.1) is 0 Å². The van der Waals surface area contributed by atoms with Crippen LogP contribution in [0.5, 0.6) is 0 Å². The fourth-order valence-electron chi connectivity index (χ4n) is 2.67. The average molecular weight is 423 g/mol. The number of unbranched alkanes of at least 4 members (excludes halogenated alkanes) is 4. The Bertz CT molecular complexity index is 557. The first kappa shape index (κ1) is 25.7. The summed E-state index contributed by atoms with van der Waals surface area (Å²) in [7, 11) is 3.84. The van der Waals surface area contributed by atoms with Crippen molar-refractivity contribution in [2.75, 3.05) is 51.3 Å². The third kappa shape index (κ3) is 12.3. The van der Waals surface area contributed by atoms with E-state index in [0.29, 0.717) is 11.4 Å². The number of hydrogen-bond donors (Lipinski definition) is 2. The lowest BCUT2D eigenvalue weighted by molar-refractivity contribution is 0.0918. The zero-order chi connectivity index (χ0) is 22.2. The Morgan fingerprint density at radius 2 is 1.10 bits per heavy atom. The number of anilines is 2. The van der Waals surface area contributed by atoms with Gasteiger partial charge in [-0.05, 0) is 51.2 Å². The highest BCUT2D eigenvalue weighted by Crippen LogP contribution is 2.14. The van der Waals surface area contributed by atoms with Crippen molar-refractivity contribution < 1.29 is 19.1 Å². The Labute approximate surface area is 180 Å². The van der Waals surface area contributed by atoms with Crippen LogP contribution in [0.25, 0.3) is 0 Å². The van der Waals surface area contributed by atoms with Crippen molar-refractivity contribution in [2.24, 2.45) is 0 Å². The smallest absolute Gasteiger partial charge is 0.412 e. The van der Waals surface area contributed by atoms with Gasteiger partial charge in [0.1, 0.15) is 13.5 Å². The second kappa shape index (κ2) is 15.5. The topological polar surface area (TPSA) is 83.1 Å². The quantitative estimate of drug-likeness (QED) is 0.326. The molecule has 0 saturated carbocycles. The number of rotatable bonds is 14. The lowest BCUT2D eigenvalue weighted by atomic mass is 10.2. The van der Waals surface area contributed by atoms with E-state index in [1.54, 1.807) is 24.3 Å². The Balaban J connectivity index is 2.28. The van der Waals surface area contributed by atoms with E-state index in [-0.39, 0.29) is 13.5 Å². The molecule has 8 nitrogen and oxygen atoms in total. The third-order valence-corrected chi connectivity index (χ3v) is 4.50. The van der Waals surface area contributed by atoms with Crippen LogP contribution in [0.1, 0.15) is 52.4 Å². The molecule has 2 N–H and O–H groups in total. The van der Waals surface area contributed by atoms with E-state index < -0.39 is 12.2 Å². The first-order valence-corrected chi connectivity index (χ1v) is 10.8. The van der Waals surface area contributed by atoms with E-state index >= 15 is 0 Å². The fraction of sp³-hybridized carbons (Fsp3) is 0.636. The first-order valence-electron chi connectivity index (χ1n) is 10.8. The zero-order valence-electron chi connectivity index (χ0n) is 18.9. The highest BCUT2D eigenvalue weighted by Gasteiger charge is 2.08. The van der Waals surface area contributed by atoms with E-state index in [2.05, 4.69) is 24.5 Å². The molecule has 0 unspecified atom stereocenters. The maximum absolute atomic E-state index is 11.9. The molecular formula is C22H38N4O4. The van der Waals surface area contributed by atoms with E-state index in [4.69, 9.17) is 9.47 Å². The van der Waals surface area contributed by atoms with Crippen molar-refractivity contribution in [1.82, 2.24) is 9.80 Å². The molecule has 1 aromatic carbocycles. The Morgan fingerprint density at radius 3 is 1.43 bits per heavy atom. The Hall–Kier alpha value is -2.32. The maximum atomic E-state index is 11.9. The molecule has 30 heavy (non-hydrogen) atoms. The summed E-state index contributed by atoms with van der Waals surface area (Å²) in [5.41, 5.74) is 1.17. The van der Waals surface area contributed by atoms with Crippen LogP contribution in [0.15, 0.2) is 24.3 Å². The largest absolute Gasteiger partial charge is 0.433 e. The Kier molecular flexibility index (Phi) is 13.3. The van der Waals surface area contributed by atoms with Gasteiger partial charge in [-0.3, -0.25) is 20.4 Å². The highest BCUT2D eigenvalue weighted by atomic mass is 16.6. The third-order valence-electron chi connectivity index (χ3n) is 4.50.